The number of benzene rings is 1. The van der Waals surface area contributed by atoms with E-state index in [4.69, 9.17) is 16.0 Å². The van der Waals surface area contributed by atoms with E-state index in [0.29, 0.717) is 67.4 Å². The van der Waals surface area contributed by atoms with Gasteiger partial charge in [-0.2, -0.15) is 8.78 Å². The molecule has 0 atom stereocenters. The molecule has 14 heteroatoms. The van der Waals surface area contributed by atoms with Crippen LogP contribution < -0.4 is 4.31 Å². The molecular weight excluding hydrogens is 566 g/mol. The Morgan fingerprint density at radius 2 is 1.93 bits per heavy atom. The van der Waals surface area contributed by atoms with Gasteiger partial charge in [-0.3, -0.25) is 19.0 Å². The van der Waals surface area contributed by atoms with E-state index in [1.165, 1.54) is 10.5 Å². The number of piperidine rings is 1. The second kappa shape index (κ2) is 11.8. The summed E-state index contributed by atoms with van der Waals surface area (Å²) in [6.45, 7) is 4.43. The Balaban J connectivity index is 1.30. The number of halogens is 3. The number of hydrogen-bond donors (Lipinski definition) is 0. The molecule has 0 N–H and O–H groups in total. The molecule has 3 aromatic rings. The van der Waals surface area contributed by atoms with Gasteiger partial charge < -0.3 is 9.32 Å². The van der Waals surface area contributed by atoms with E-state index in [9.17, 15) is 22.0 Å². The number of alkyl halides is 2. The maximum absolute atomic E-state index is 14.0. The fraction of sp³-hybridized carbons (Fsp3) is 0.462. The fourth-order valence-corrected chi connectivity index (χ4v) is 7.09. The van der Waals surface area contributed by atoms with Crippen LogP contribution in [0.4, 0.5) is 14.5 Å². The first kappa shape index (κ1) is 28.4. The van der Waals surface area contributed by atoms with E-state index in [0.717, 1.165) is 0 Å². The molecule has 2 aromatic heterocycles. The summed E-state index contributed by atoms with van der Waals surface area (Å²) in [5, 5.41) is 6.75. The molecule has 0 aliphatic carbocycles. The van der Waals surface area contributed by atoms with Crippen molar-refractivity contribution >= 4 is 33.2 Å². The lowest BCUT2D eigenvalue weighted by atomic mass is 10.0. The van der Waals surface area contributed by atoms with Crippen molar-refractivity contribution in [2.75, 3.05) is 30.5 Å². The number of amides is 1. The molecule has 2 saturated heterocycles. The van der Waals surface area contributed by atoms with Gasteiger partial charge in [0.1, 0.15) is 0 Å². The molecule has 2 aliphatic heterocycles. The van der Waals surface area contributed by atoms with Gasteiger partial charge in [0.2, 0.25) is 21.8 Å². The molecule has 2 fully saturated rings. The summed E-state index contributed by atoms with van der Waals surface area (Å²) < 4.78 is 59.8. The summed E-state index contributed by atoms with van der Waals surface area (Å²) in [5.41, 5.74) is 1.20. The molecule has 0 saturated carbocycles. The summed E-state index contributed by atoms with van der Waals surface area (Å²) in [6.07, 6.45) is -0.0859. The Labute approximate surface area is 236 Å². The molecule has 1 aromatic carbocycles. The zero-order chi connectivity index (χ0) is 28.4. The molecule has 0 unspecified atom stereocenters. The minimum atomic E-state index is -3.81. The lowest BCUT2D eigenvalue weighted by Crippen LogP contribution is -2.62. The number of rotatable bonds is 9. The van der Waals surface area contributed by atoms with Crippen molar-refractivity contribution in [2.24, 2.45) is 0 Å². The number of hydrogen-bond acceptors (Lipinski definition) is 8. The normalized spacial score (nSPS) is 17.3. The first-order valence-electron chi connectivity index (χ1n) is 13.0. The second-order valence-corrected chi connectivity index (χ2v) is 12.4. The lowest BCUT2D eigenvalue weighted by Gasteiger charge is -2.47. The summed E-state index contributed by atoms with van der Waals surface area (Å²) in [6, 6.07) is 10.1. The highest BCUT2D eigenvalue weighted by molar-refractivity contribution is 7.93. The standard InChI is InChI=1S/C26H29ClF2N6O4S/c1-2-23(36)34-15-21(16-34)33-10-8-22(9-11-33)40(37,38)35(20-5-3-4-18(27)12-20)14-19-7-6-17(13-30-19)25-31-32-26(39-25)24(28)29/h3-7,12-13,21-22,24H,2,8-11,14-16H2,1H3. The molecule has 0 spiro atoms. The van der Waals surface area contributed by atoms with Crippen LogP contribution in [0.5, 0.6) is 0 Å². The number of carbonyl (C=O) groups excluding carboxylic acids is 1. The zero-order valence-corrected chi connectivity index (χ0v) is 23.4. The van der Waals surface area contributed by atoms with Gasteiger partial charge in [-0.25, -0.2) is 8.42 Å². The summed E-state index contributed by atoms with van der Waals surface area (Å²) in [5.74, 6) is -0.746. The molecule has 0 bridgehead atoms. The molecule has 4 heterocycles. The van der Waals surface area contributed by atoms with Crippen molar-refractivity contribution in [1.29, 1.82) is 0 Å². The molecule has 40 heavy (non-hydrogen) atoms. The Morgan fingerprint density at radius 1 is 1.18 bits per heavy atom. The van der Waals surface area contributed by atoms with E-state index in [1.54, 1.807) is 36.4 Å². The minimum Gasteiger partial charge on any atom is -0.415 e. The number of nitrogens with zero attached hydrogens (tertiary/aromatic N) is 6. The predicted octanol–water partition coefficient (Wildman–Crippen LogP) is 4.14. The van der Waals surface area contributed by atoms with Gasteiger partial charge >= 0.3 is 6.43 Å². The van der Waals surface area contributed by atoms with E-state index in [1.807, 2.05) is 11.8 Å². The number of aromatic nitrogens is 3. The van der Waals surface area contributed by atoms with E-state index < -0.39 is 27.6 Å². The van der Waals surface area contributed by atoms with Crippen LogP contribution in [0.25, 0.3) is 11.5 Å². The third-order valence-electron chi connectivity index (χ3n) is 7.34. The first-order valence-corrected chi connectivity index (χ1v) is 14.9. The van der Waals surface area contributed by atoms with Crippen LogP contribution in [0.1, 0.15) is 44.2 Å². The smallest absolute Gasteiger partial charge is 0.314 e. The van der Waals surface area contributed by atoms with Gasteiger partial charge in [0.15, 0.2) is 0 Å². The number of anilines is 1. The topological polar surface area (TPSA) is 113 Å². The molecule has 10 nitrogen and oxygen atoms in total. The van der Waals surface area contributed by atoms with Gasteiger partial charge in [-0.15, -0.1) is 10.2 Å². The number of sulfonamides is 1. The zero-order valence-electron chi connectivity index (χ0n) is 21.8. The van der Waals surface area contributed by atoms with Crippen LogP contribution in [-0.2, 0) is 21.4 Å². The molecule has 214 valence electrons. The van der Waals surface area contributed by atoms with Crippen molar-refractivity contribution in [3.63, 3.8) is 0 Å². The Hall–Kier alpha value is -3.16. The Bertz CT molecular complexity index is 1440. The molecule has 1 amide bonds. The number of carbonyl (C=O) groups is 1. The summed E-state index contributed by atoms with van der Waals surface area (Å²) in [7, 11) is -3.81. The van der Waals surface area contributed by atoms with Gasteiger partial charge in [-0.1, -0.05) is 24.6 Å². The Kier molecular flexibility index (Phi) is 8.34. The predicted molar refractivity (Wildman–Crippen MR) is 144 cm³/mol. The second-order valence-electron chi connectivity index (χ2n) is 9.86. The maximum atomic E-state index is 14.0. The molecule has 5 rings (SSSR count). The average molecular weight is 595 g/mol. The summed E-state index contributed by atoms with van der Waals surface area (Å²) >= 11 is 6.21. The third kappa shape index (κ3) is 5.96. The van der Waals surface area contributed by atoms with Crippen LogP contribution >= 0.6 is 11.6 Å². The van der Waals surface area contributed by atoms with Crippen LogP contribution in [0, 0.1) is 0 Å². The number of pyridine rings is 1. The van der Waals surface area contributed by atoms with Crippen molar-refractivity contribution in [3.05, 3.63) is 59.2 Å². The van der Waals surface area contributed by atoms with Gasteiger partial charge in [-0.05, 0) is 56.3 Å². The van der Waals surface area contributed by atoms with Crippen LogP contribution in [0.3, 0.4) is 0 Å². The van der Waals surface area contributed by atoms with Gasteiger partial charge in [0.25, 0.3) is 5.89 Å². The SMILES string of the molecule is CCC(=O)N1CC(N2CCC(S(=O)(=O)N(Cc3ccc(-c4nnc(C(F)F)o4)cn3)c3cccc(Cl)c3)CC2)C1. The minimum absolute atomic E-state index is 0.0496. The number of likely N-dealkylation sites (tertiary alicyclic amines) is 2. The monoisotopic (exact) mass is 594 g/mol. The largest absolute Gasteiger partial charge is 0.415 e. The highest BCUT2D eigenvalue weighted by Gasteiger charge is 2.40. The van der Waals surface area contributed by atoms with E-state index in [-0.39, 0.29) is 24.4 Å². The summed E-state index contributed by atoms with van der Waals surface area (Å²) in [4.78, 5) is 20.3. The highest BCUT2D eigenvalue weighted by Crippen LogP contribution is 2.31. The first-order chi connectivity index (χ1) is 19.2. The molecule has 2 aliphatic rings. The lowest BCUT2D eigenvalue weighted by molar-refractivity contribution is -0.138. The third-order valence-corrected chi connectivity index (χ3v) is 9.84. The molecule has 0 radical (unpaired) electrons. The van der Waals surface area contributed by atoms with Crippen molar-refractivity contribution < 1.29 is 26.4 Å². The van der Waals surface area contributed by atoms with Crippen molar-refractivity contribution in [3.8, 4) is 11.5 Å². The fourth-order valence-electron chi connectivity index (χ4n) is 5.02. The van der Waals surface area contributed by atoms with E-state index in [2.05, 4.69) is 20.1 Å². The van der Waals surface area contributed by atoms with Crippen LogP contribution in [0.2, 0.25) is 5.02 Å². The van der Waals surface area contributed by atoms with Crippen molar-refractivity contribution in [2.45, 2.75) is 50.4 Å². The molecular formula is C26H29ClF2N6O4S. The quantitative estimate of drug-likeness (QED) is 0.363. The van der Waals surface area contributed by atoms with Gasteiger partial charge in [0, 0.05) is 36.8 Å². The van der Waals surface area contributed by atoms with Crippen molar-refractivity contribution in [1.82, 2.24) is 25.0 Å². The van der Waals surface area contributed by atoms with Crippen LogP contribution in [-0.4, -0.2) is 76.8 Å². The van der Waals surface area contributed by atoms with Crippen LogP contribution in [0.15, 0.2) is 47.0 Å². The Morgan fingerprint density at radius 3 is 2.52 bits per heavy atom. The average Bonchev–Trinajstić information content (AvgIpc) is 3.42. The van der Waals surface area contributed by atoms with E-state index >= 15 is 0 Å². The maximum Gasteiger partial charge on any atom is 0.314 e. The highest BCUT2D eigenvalue weighted by atomic mass is 35.5. The van der Waals surface area contributed by atoms with Gasteiger partial charge in [0.05, 0.1) is 28.7 Å².